The highest BCUT2D eigenvalue weighted by molar-refractivity contribution is 6.04. The standard InChI is InChI=1S/C16H18O6/c1-10-4-5-13-14(6-10)22-9-16(15(13)19,7-20-11(2)17)8-21-12(3)18/h4-6H,7-9H2,1-3H3. The normalized spacial score (nSPS) is 15.5. The fraction of sp³-hybridized carbons (Fsp3) is 0.438. The smallest absolute Gasteiger partial charge is 0.302 e. The summed E-state index contributed by atoms with van der Waals surface area (Å²) >= 11 is 0. The molecule has 1 heterocycles. The van der Waals surface area contributed by atoms with Crippen LogP contribution >= 0.6 is 0 Å². The third-order valence-corrected chi connectivity index (χ3v) is 3.47. The van der Waals surface area contributed by atoms with Gasteiger partial charge < -0.3 is 14.2 Å². The summed E-state index contributed by atoms with van der Waals surface area (Å²) < 4.78 is 15.6. The van der Waals surface area contributed by atoms with Crippen LogP contribution in [0.4, 0.5) is 0 Å². The third kappa shape index (κ3) is 3.27. The van der Waals surface area contributed by atoms with Crippen molar-refractivity contribution in [3.63, 3.8) is 0 Å². The monoisotopic (exact) mass is 306 g/mol. The van der Waals surface area contributed by atoms with Crippen LogP contribution in [0.3, 0.4) is 0 Å². The summed E-state index contributed by atoms with van der Waals surface area (Å²) in [6.07, 6.45) is 0. The van der Waals surface area contributed by atoms with E-state index in [2.05, 4.69) is 0 Å². The van der Waals surface area contributed by atoms with E-state index in [9.17, 15) is 14.4 Å². The average Bonchev–Trinajstić information content (AvgIpc) is 2.45. The topological polar surface area (TPSA) is 78.9 Å². The minimum Gasteiger partial charge on any atom is -0.491 e. The summed E-state index contributed by atoms with van der Waals surface area (Å²) in [4.78, 5) is 35.0. The molecule has 118 valence electrons. The van der Waals surface area contributed by atoms with Crippen molar-refractivity contribution in [2.45, 2.75) is 20.8 Å². The Morgan fingerprint density at radius 3 is 2.32 bits per heavy atom. The third-order valence-electron chi connectivity index (χ3n) is 3.47. The Morgan fingerprint density at radius 1 is 1.18 bits per heavy atom. The first-order valence-corrected chi connectivity index (χ1v) is 6.89. The second kappa shape index (κ2) is 6.17. The van der Waals surface area contributed by atoms with Gasteiger partial charge in [0.15, 0.2) is 5.78 Å². The van der Waals surface area contributed by atoms with E-state index in [1.807, 2.05) is 6.92 Å². The first kappa shape index (κ1) is 16.0. The van der Waals surface area contributed by atoms with Crippen molar-refractivity contribution in [3.8, 4) is 5.75 Å². The molecule has 0 amide bonds. The van der Waals surface area contributed by atoms with Gasteiger partial charge in [-0.2, -0.15) is 0 Å². The Labute approximate surface area is 128 Å². The SMILES string of the molecule is CC(=O)OCC1(COC(C)=O)COc2cc(C)ccc2C1=O. The van der Waals surface area contributed by atoms with Crippen molar-refractivity contribution < 1.29 is 28.6 Å². The van der Waals surface area contributed by atoms with Crippen molar-refractivity contribution in [2.75, 3.05) is 19.8 Å². The van der Waals surface area contributed by atoms with Crippen LogP contribution in [0.15, 0.2) is 18.2 Å². The molecule has 0 unspecified atom stereocenters. The Hall–Kier alpha value is -2.37. The molecule has 0 spiro atoms. The summed E-state index contributed by atoms with van der Waals surface area (Å²) in [6, 6.07) is 5.24. The van der Waals surface area contributed by atoms with E-state index in [4.69, 9.17) is 14.2 Å². The van der Waals surface area contributed by atoms with Crippen LogP contribution in [-0.4, -0.2) is 37.5 Å². The molecule has 6 heteroatoms. The number of aryl methyl sites for hydroxylation is 1. The first-order chi connectivity index (χ1) is 10.3. The molecule has 0 radical (unpaired) electrons. The lowest BCUT2D eigenvalue weighted by atomic mass is 9.80. The minimum atomic E-state index is -1.21. The molecule has 0 fully saturated rings. The van der Waals surface area contributed by atoms with Gasteiger partial charge in [-0.3, -0.25) is 14.4 Å². The highest BCUT2D eigenvalue weighted by Crippen LogP contribution is 2.36. The lowest BCUT2D eigenvalue weighted by Crippen LogP contribution is -2.48. The van der Waals surface area contributed by atoms with Crippen LogP contribution in [0.1, 0.15) is 29.8 Å². The minimum absolute atomic E-state index is 0.0111. The van der Waals surface area contributed by atoms with Gasteiger partial charge in [0.05, 0.1) is 5.56 Å². The van der Waals surface area contributed by atoms with Gasteiger partial charge >= 0.3 is 11.9 Å². The molecule has 1 aromatic rings. The molecule has 2 rings (SSSR count). The van der Waals surface area contributed by atoms with E-state index in [1.54, 1.807) is 18.2 Å². The maximum absolute atomic E-state index is 12.8. The van der Waals surface area contributed by atoms with E-state index in [0.717, 1.165) is 5.56 Å². The van der Waals surface area contributed by atoms with Gasteiger partial charge in [0.25, 0.3) is 0 Å². The molecule has 1 aliphatic heterocycles. The molecule has 0 saturated heterocycles. The summed E-state index contributed by atoms with van der Waals surface area (Å²) in [5.41, 5.74) is 0.162. The van der Waals surface area contributed by atoms with E-state index >= 15 is 0 Å². The molecular weight excluding hydrogens is 288 g/mol. The summed E-state index contributed by atoms with van der Waals surface area (Å²) in [6.45, 7) is 4.01. The number of ether oxygens (including phenoxy) is 3. The fourth-order valence-electron chi connectivity index (χ4n) is 2.24. The van der Waals surface area contributed by atoms with Crippen molar-refractivity contribution >= 4 is 17.7 Å². The highest BCUT2D eigenvalue weighted by Gasteiger charge is 2.46. The Kier molecular flexibility index (Phi) is 4.49. The van der Waals surface area contributed by atoms with Gasteiger partial charge in [0, 0.05) is 13.8 Å². The number of hydrogen-bond acceptors (Lipinski definition) is 6. The Morgan fingerprint density at radius 2 is 1.77 bits per heavy atom. The molecule has 0 bridgehead atoms. The van der Waals surface area contributed by atoms with Gasteiger partial charge in [-0.05, 0) is 24.6 Å². The zero-order valence-electron chi connectivity index (χ0n) is 12.8. The molecule has 0 saturated carbocycles. The first-order valence-electron chi connectivity index (χ1n) is 6.89. The quantitative estimate of drug-likeness (QED) is 0.788. The van der Waals surface area contributed by atoms with Gasteiger partial charge in [-0.1, -0.05) is 6.07 Å². The molecular formula is C16H18O6. The lowest BCUT2D eigenvalue weighted by Gasteiger charge is -2.35. The van der Waals surface area contributed by atoms with Crippen molar-refractivity contribution in [1.82, 2.24) is 0 Å². The van der Waals surface area contributed by atoms with Crippen molar-refractivity contribution in [1.29, 1.82) is 0 Å². The van der Waals surface area contributed by atoms with Crippen LogP contribution in [-0.2, 0) is 19.1 Å². The van der Waals surface area contributed by atoms with Gasteiger partial charge in [0.1, 0.15) is 31.0 Å². The molecule has 1 aliphatic rings. The zero-order chi connectivity index (χ0) is 16.3. The van der Waals surface area contributed by atoms with Crippen LogP contribution in [0.25, 0.3) is 0 Å². The van der Waals surface area contributed by atoms with E-state index in [1.165, 1.54) is 13.8 Å². The summed E-state index contributed by atoms with van der Waals surface area (Å²) in [7, 11) is 0. The van der Waals surface area contributed by atoms with E-state index in [0.29, 0.717) is 11.3 Å². The number of carbonyl (C=O) groups excluding carboxylic acids is 3. The van der Waals surface area contributed by atoms with Crippen LogP contribution in [0, 0.1) is 12.3 Å². The zero-order valence-corrected chi connectivity index (χ0v) is 12.8. The van der Waals surface area contributed by atoms with Gasteiger partial charge in [0.2, 0.25) is 0 Å². The van der Waals surface area contributed by atoms with Crippen molar-refractivity contribution in [3.05, 3.63) is 29.3 Å². The number of ketones is 1. The van der Waals surface area contributed by atoms with Crippen LogP contribution in [0.5, 0.6) is 5.75 Å². The number of rotatable bonds is 4. The number of carbonyl (C=O) groups is 3. The predicted molar refractivity (Wildman–Crippen MR) is 76.7 cm³/mol. The number of esters is 2. The number of hydrogen-bond donors (Lipinski definition) is 0. The number of benzene rings is 1. The molecule has 0 aliphatic carbocycles. The van der Waals surface area contributed by atoms with Crippen LogP contribution < -0.4 is 4.74 Å². The number of Topliss-reactive ketones (excluding diaryl/α,β-unsaturated/α-hetero) is 1. The molecule has 6 nitrogen and oxygen atoms in total. The largest absolute Gasteiger partial charge is 0.491 e. The summed E-state index contributed by atoms with van der Waals surface area (Å²) in [5.74, 6) is -0.781. The van der Waals surface area contributed by atoms with E-state index in [-0.39, 0.29) is 25.6 Å². The lowest BCUT2D eigenvalue weighted by molar-refractivity contribution is -0.150. The number of fused-ring (bicyclic) bond motifs is 1. The second-order valence-electron chi connectivity index (χ2n) is 5.46. The van der Waals surface area contributed by atoms with Gasteiger partial charge in [-0.25, -0.2) is 0 Å². The molecule has 0 atom stereocenters. The molecule has 22 heavy (non-hydrogen) atoms. The molecule has 0 N–H and O–H groups in total. The molecule has 0 aromatic heterocycles. The van der Waals surface area contributed by atoms with Gasteiger partial charge in [-0.15, -0.1) is 0 Å². The highest BCUT2D eigenvalue weighted by atomic mass is 16.6. The molecule has 1 aromatic carbocycles. The fourth-order valence-corrected chi connectivity index (χ4v) is 2.24. The van der Waals surface area contributed by atoms with E-state index < -0.39 is 17.4 Å². The second-order valence-corrected chi connectivity index (χ2v) is 5.46. The predicted octanol–water partition coefficient (Wildman–Crippen LogP) is 1.68. The Bertz CT molecular complexity index is 601. The van der Waals surface area contributed by atoms with Crippen LogP contribution in [0.2, 0.25) is 0 Å². The average molecular weight is 306 g/mol. The maximum atomic E-state index is 12.8. The van der Waals surface area contributed by atoms with Crippen molar-refractivity contribution in [2.24, 2.45) is 5.41 Å². The Balaban J connectivity index is 2.32. The maximum Gasteiger partial charge on any atom is 0.302 e. The summed E-state index contributed by atoms with van der Waals surface area (Å²) in [5, 5.41) is 0.